The molecule has 0 saturated heterocycles. The van der Waals surface area contributed by atoms with Gasteiger partial charge in [0.1, 0.15) is 5.56 Å². The molecule has 6 rings (SSSR count). The van der Waals surface area contributed by atoms with E-state index in [1.165, 1.54) is 24.2 Å². The largest absolute Gasteiger partial charge is 0.294 e. The van der Waals surface area contributed by atoms with Crippen LogP contribution in [0, 0.1) is 0 Å². The van der Waals surface area contributed by atoms with E-state index >= 15 is 0 Å². The highest BCUT2D eigenvalue weighted by molar-refractivity contribution is 6.00. The number of aromatic nitrogens is 4. The standard InChI is InChI=1S/C23H29N4O2/c1-3-26-23(20-15(24-26)6-4-8-18(20)28)14-12-17(14)27-16-7-5-9-19(29)21(16)22(25(27)2)13-10-11-13/h13-14,17H,3-12H2,1-2H3/q+1. The van der Waals surface area contributed by atoms with Gasteiger partial charge in [-0.25, -0.2) is 0 Å². The quantitative estimate of drug-likeness (QED) is 0.750. The molecular formula is C23H29N4O2+. The van der Waals surface area contributed by atoms with Gasteiger partial charge in [-0.05, 0) is 51.9 Å². The Balaban J connectivity index is 1.45. The van der Waals surface area contributed by atoms with Crippen molar-refractivity contribution in [2.45, 2.75) is 89.1 Å². The van der Waals surface area contributed by atoms with Crippen molar-refractivity contribution in [1.29, 1.82) is 0 Å². The van der Waals surface area contributed by atoms with Gasteiger partial charge < -0.3 is 0 Å². The Morgan fingerprint density at radius 2 is 1.76 bits per heavy atom. The number of fused-ring (bicyclic) bond motifs is 2. The molecule has 4 aliphatic carbocycles. The third kappa shape index (κ3) is 2.47. The van der Waals surface area contributed by atoms with Gasteiger partial charge in [-0.15, -0.1) is 4.68 Å². The SMILES string of the molecule is CCn1nc2c(c1C1CC1n1c3c(c(C4CC4)[n+]1C)C(=O)CCC3)C(=O)CCC2. The topological polar surface area (TPSA) is 60.8 Å². The zero-order chi connectivity index (χ0) is 19.9. The minimum absolute atomic E-state index is 0.277. The highest BCUT2D eigenvalue weighted by Crippen LogP contribution is 2.54. The van der Waals surface area contributed by atoms with Gasteiger partial charge in [0.25, 0.3) is 0 Å². The maximum atomic E-state index is 12.8. The van der Waals surface area contributed by atoms with Crippen molar-refractivity contribution in [1.82, 2.24) is 14.5 Å². The second-order valence-corrected chi connectivity index (χ2v) is 9.34. The van der Waals surface area contributed by atoms with Gasteiger partial charge in [-0.1, -0.05) is 0 Å². The highest BCUT2D eigenvalue weighted by Gasteiger charge is 2.52. The number of ketones is 2. The fraction of sp³-hybridized carbons (Fsp3) is 0.652. The van der Waals surface area contributed by atoms with E-state index in [9.17, 15) is 9.59 Å². The van der Waals surface area contributed by atoms with Crippen molar-refractivity contribution >= 4 is 11.6 Å². The number of carbonyl (C=O) groups excluding carboxylic acids is 2. The summed E-state index contributed by atoms with van der Waals surface area (Å²) in [6.07, 6.45) is 8.59. The second-order valence-electron chi connectivity index (χ2n) is 9.34. The molecule has 2 atom stereocenters. The lowest BCUT2D eigenvalue weighted by Gasteiger charge is -2.12. The minimum atomic E-state index is 0.277. The van der Waals surface area contributed by atoms with Crippen LogP contribution in [0.2, 0.25) is 0 Å². The van der Waals surface area contributed by atoms with Crippen molar-refractivity contribution in [3.05, 3.63) is 33.9 Å². The van der Waals surface area contributed by atoms with Crippen LogP contribution >= 0.6 is 0 Å². The maximum absolute atomic E-state index is 12.8. The van der Waals surface area contributed by atoms with E-state index in [0.717, 1.165) is 61.2 Å². The fourth-order valence-corrected chi connectivity index (χ4v) is 5.96. The molecule has 2 unspecified atom stereocenters. The van der Waals surface area contributed by atoms with Gasteiger partial charge in [0, 0.05) is 31.2 Å². The van der Waals surface area contributed by atoms with E-state index in [2.05, 4.69) is 28.0 Å². The first-order valence-corrected chi connectivity index (χ1v) is 11.4. The Morgan fingerprint density at radius 1 is 1.03 bits per heavy atom. The van der Waals surface area contributed by atoms with Crippen LogP contribution < -0.4 is 4.68 Å². The van der Waals surface area contributed by atoms with Crippen LogP contribution in [-0.4, -0.2) is 26.0 Å². The lowest BCUT2D eigenvalue weighted by molar-refractivity contribution is -0.761. The van der Waals surface area contributed by atoms with Crippen molar-refractivity contribution in [3.63, 3.8) is 0 Å². The molecule has 2 saturated carbocycles. The van der Waals surface area contributed by atoms with E-state index in [0.29, 0.717) is 36.5 Å². The number of rotatable bonds is 4. The van der Waals surface area contributed by atoms with Crippen molar-refractivity contribution in [2.75, 3.05) is 0 Å². The lowest BCUT2D eigenvalue weighted by atomic mass is 9.92. The fourth-order valence-electron chi connectivity index (χ4n) is 5.96. The van der Waals surface area contributed by atoms with E-state index < -0.39 is 0 Å². The van der Waals surface area contributed by atoms with Crippen LogP contribution in [0.3, 0.4) is 0 Å². The molecule has 2 aromatic heterocycles. The van der Waals surface area contributed by atoms with Gasteiger partial charge in [0.2, 0.25) is 5.69 Å². The molecule has 4 aliphatic rings. The number of Topliss-reactive ketones (excluding diaryl/α,β-unsaturated/α-hetero) is 2. The summed E-state index contributed by atoms with van der Waals surface area (Å²) in [5.74, 6) is 1.51. The maximum Gasteiger partial charge on any atom is 0.221 e. The summed E-state index contributed by atoms with van der Waals surface area (Å²) in [6, 6.07) is 0.341. The molecule has 2 fully saturated rings. The van der Waals surface area contributed by atoms with Crippen LogP contribution in [0.4, 0.5) is 0 Å². The van der Waals surface area contributed by atoms with Crippen molar-refractivity contribution in [2.24, 2.45) is 7.05 Å². The first kappa shape index (κ1) is 17.6. The zero-order valence-electron chi connectivity index (χ0n) is 17.4. The summed E-state index contributed by atoms with van der Waals surface area (Å²) in [4.78, 5) is 25.6. The van der Waals surface area contributed by atoms with E-state index in [-0.39, 0.29) is 5.78 Å². The Bertz CT molecular complexity index is 1060. The van der Waals surface area contributed by atoms with E-state index in [1.54, 1.807) is 0 Å². The number of hydrogen-bond donors (Lipinski definition) is 0. The smallest absolute Gasteiger partial charge is 0.221 e. The van der Waals surface area contributed by atoms with Crippen LogP contribution in [0.25, 0.3) is 0 Å². The molecule has 152 valence electrons. The first-order valence-electron chi connectivity index (χ1n) is 11.4. The molecule has 0 aliphatic heterocycles. The molecule has 0 radical (unpaired) electrons. The number of hydrogen-bond acceptors (Lipinski definition) is 3. The summed E-state index contributed by atoms with van der Waals surface area (Å²) in [5.41, 5.74) is 6.66. The molecule has 0 spiro atoms. The molecule has 0 N–H and O–H groups in total. The van der Waals surface area contributed by atoms with Gasteiger partial charge in [0.05, 0.1) is 28.7 Å². The lowest BCUT2D eigenvalue weighted by Crippen LogP contribution is -2.42. The average molecular weight is 394 g/mol. The molecule has 2 heterocycles. The predicted molar refractivity (Wildman–Crippen MR) is 106 cm³/mol. The molecule has 6 nitrogen and oxygen atoms in total. The van der Waals surface area contributed by atoms with Gasteiger partial charge in [-0.3, -0.25) is 14.3 Å². The van der Waals surface area contributed by atoms with E-state index in [4.69, 9.17) is 5.10 Å². The Kier molecular flexibility index (Phi) is 3.72. The first-order chi connectivity index (χ1) is 14.1. The third-order valence-corrected chi connectivity index (χ3v) is 7.44. The summed E-state index contributed by atoms with van der Waals surface area (Å²) < 4.78 is 6.82. The summed E-state index contributed by atoms with van der Waals surface area (Å²) in [7, 11) is 2.15. The number of carbonyl (C=O) groups is 2. The molecule has 2 aromatic rings. The highest BCUT2D eigenvalue weighted by atomic mass is 16.1. The predicted octanol–water partition coefficient (Wildman–Crippen LogP) is 3.17. The van der Waals surface area contributed by atoms with Gasteiger partial charge >= 0.3 is 0 Å². The van der Waals surface area contributed by atoms with Crippen molar-refractivity contribution < 1.29 is 14.3 Å². The summed E-state index contributed by atoms with van der Waals surface area (Å²) >= 11 is 0. The van der Waals surface area contributed by atoms with Crippen LogP contribution in [0.1, 0.15) is 113 Å². The number of nitrogens with zero attached hydrogens (tertiary/aromatic N) is 4. The minimum Gasteiger partial charge on any atom is -0.294 e. The van der Waals surface area contributed by atoms with Crippen molar-refractivity contribution in [3.8, 4) is 0 Å². The summed E-state index contributed by atoms with van der Waals surface area (Å²) in [6.45, 7) is 2.92. The Labute approximate surface area is 170 Å². The molecule has 0 bridgehead atoms. The van der Waals surface area contributed by atoms with E-state index in [1.807, 2.05) is 0 Å². The average Bonchev–Trinajstić information content (AvgIpc) is 3.62. The zero-order valence-corrected chi connectivity index (χ0v) is 17.4. The monoisotopic (exact) mass is 393 g/mol. The molecule has 29 heavy (non-hydrogen) atoms. The molecule has 0 aromatic carbocycles. The van der Waals surface area contributed by atoms with Gasteiger partial charge in [0.15, 0.2) is 18.6 Å². The van der Waals surface area contributed by atoms with Gasteiger partial charge in [-0.2, -0.15) is 9.78 Å². The Hall–Kier alpha value is -2.24. The molecular weight excluding hydrogens is 364 g/mol. The molecule has 0 amide bonds. The van der Waals surface area contributed by atoms with Crippen LogP contribution in [-0.2, 0) is 26.4 Å². The second kappa shape index (κ2) is 6.13. The summed E-state index contributed by atoms with van der Waals surface area (Å²) in [5, 5.41) is 4.80. The molecule has 6 heteroatoms. The number of aryl methyl sites for hydroxylation is 2. The Morgan fingerprint density at radius 3 is 2.48 bits per heavy atom. The van der Waals surface area contributed by atoms with Crippen LogP contribution in [0.15, 0.2) is 0 Å². The third-order valence-electron chi connectivity index (χ3n) is 7.44. The normalized spacial score (nSPS) is 25.9. The van der Waals surface area contributed by atoms with Crippen LogP contribution in [0.5, 0.6) is 0 Å².